The molecular formula is C19H16FN3O4S3. The summed E-state index contributed by atoms with van der Waals surface area (Å²) in [7, 11) is 0. The number of anilines is 2. The van der Waals surface area contributed by atoms with Crippen LogP contribution in [0.3, 0.4) is 0 Å². The van der Waals surface area contributed by atoms with Gasteiger partial charge in [0.25, 0.3) is 5.91 Å². The van der Waals surface area contributed by atoms with Gasteiger partial charge in [0, 0.05) is 25.3 Å². The number of rotatable bonds is 7. The number of carbonyl (C=O) groups excluding carboxylic acids is 2. The highest BCUT2D eigenvalue weighted by Gasteiger charge is 2.32. The van der Waals surface area contributed by atoms with Gasteiger partial charge in [-0.25, -0.2) is 9.37 Å². The van der Waals surface area contributed by atoms with E-state index in [-0.39, 0.29) is 29.7 Å². The van der Waals surface area contributed by atoms with E-state index in [1.807, 2.05) is 0 Å². The van der Waals surface area contributed by atoms with E-state index in [0.29, 0.717) is 21.3 Å². The van der Waals surface area contributed by atoms with Gasteiger partial charge >= 0.3 is 5.97 Å². The SMILES string of the molecule is CC(=O)N(c1nc(/C=C2/SC(=S)N(CCCC(=O)O)C2=O)cs1)c1ccccc1F. The second kappa shape index (κ2) is 9.45. The molecule has 7 nitrogen and oxygen atoms in total. The highest BCUT2D eigenvalue weighted by Crippen LogP contribution is 2.35. The fourth-order valence-corrected chi connectivity index (χ4v) is 4.83. The minimum atomic E-state index is -0.934. The van der Waals surface area contributed by atoms with Crippen LogP contribution in [0.4, 0.5) is 15.2 Å². The van der Waals surface area contributed by atoms with Crippen molar-refractivity contribution in [2.75, 3.05) is 11.4 Å². The van der Waals surface area contributed by atoms with E-state index >= 15 is 0 Å². The molecule has 0 saturated carbocycles. The first-order valence-electron chi connectivity index (χ1n) is 8.76. The van der Waals surface area contributed by atoms with Gasteiger partial charge < -0.3 is 5.11 Å². The molecule has 2 heterocycles. The number of thiocarbonyl (C=S) groups is 1. The summed E-state index contributed by atoms with van der Waals surface area (Å²) in [6.45, 7) is 1.54. The summed E-state index contributed by atoms with van der Waals surface area (Å²) in [5.41, 5.74) is 0.527. The monoisotopic (exact) mass is 465 g/mol. The van der Waals surface area contributed by atoms with Crippen molar-refractivity contribution in [2.24, 2.45) is 0 Å². The van der Waals surface area contributed by atoms with Crippen molar-refractivity contribution < 1.29 is 23.9 Å². The van der Waals surface area contributed by atoms with Crippen LogP contribution in [0.15, 0.2) is 34.6 Å². The maximum atomic E-state index is 14.2. The van der Waals surface area contributed by atoms with Crippen molar-refractivity contribution in [3.8, 4) is 0 Å². The predicted molar refractivity (Wildman–Crippen MR) is 118 cm³/mol. The van der Waals surface area contributed by atoms with Crippen molar-refractivity contribution >= 4 is 74.3 Å². The lowest BCUT2D eigenvalue weighted by atomic mass is 10.3. The number of para-hydroxylation sites is 1. The molecule has 1 aromatic carbocycles. The van der Waals surface area contributed by atoms with Gasteiger partial charge in [-0.2, -0.15) is 0 Å². The molecule has 0 bridgehead atoms. The zero-order valence-electron chi connectivity index (χ0n) is 15.7. The summed E-state index contributed by atoms with van der Waals surface area (Å²) in [6.07, 6.45) is 1.80. The maximum Gasteiger partial charge on any atom is 0.303 e. The largest absolute Gasteiger partial charge is 0.481 e. The van der Waals surface area contributed by atoms with Crippen molar-refractivity contribution in [3.05, 3.63) is 46.1 Å². The third kappa shape index (κ3) is 4.91. The molecule has 2 aromatic rings. The predicted octanol–water partition coefficient (Wildman–Crippen LogP) is 4.03. The van der Waals surface area contributed by atoms with Gasteiger partial charge in [-0.15, -0.1) is 11.3 Å². The average Bonchev–Trinajstić information content (AvgIpc) is 3.23. The number of hydrogen-bond acceptors (Lipinski definition) is 7. The quantitative estimate of drug-likeness (QED) is 0.488. The number of halogens is 1. The van der Waals surface area contributed by atoms with Crippen molar-refractivity contribution in [2.45, 2.75) is 19.8 Å². The van der Waals surface area contributed by atoms with Gasteiger partial charge in [0.1, 0.15) is 10.1 Å². The van der Waals surface area contributed by atoms with E-state index in [0.717, 1.165) is 23.1 Å². The number of carboxylic acids is 1. The number of thiazole rings is 1. The number of aliphatic carboxylic acids is 1. The molecular weight excluding hydrogens is 449 g/mol. The molecule has 2 amide bonds. The van der Waals surface area contributed by atoms with Crippen LogP contribution in [0, 0.1) is 5.82 Å². The van der Waals surface area contributed by atoms with Crippen LogP contribution < -0.4 is 4.90 Å². The van der Waals surface area contributed by atoms with Gasteiger partial charge in [0.2, 0.25) is 5.91 Å². The lowest BCUT2D eigenvalue weighted by molar-refractivity contribution is -0.137. The zero-order valence-corrected chi connectivity index (χ0v) is 18.2. The van der Waals surface area contributed by atoms with Gasteiger partial charge in [-0.3, -0.25) is 24.2 Å². The Bertz CT molecular complexity index is 1050. The molecule has 156 valence electrons. The number of thioether (sulfide) groups is 1. The summed E-state index contributed by atoms with van der Waals surface area (Å²) >= 11 is 7.46. The standard InChI is InChI=1S/C19H16FN3O4S3/c1-11(24)23(14-6-3-2-5-13(14)20)18-21-12(10-29-18)9-15-17(27)22(19(28)30-15)8-4-7-16(25)26/h2-3,5-6,9-10H,4,7-8H2,1H3,(H,25,26)/b15-9+. The van der Waals surface area contributed by atoms with Crippen LogP contribution in [0.1, 0.15) is 25.5 Å². The van der Waals surface area contributed by atoms with E-state index < -0.39 is 17.7 Å². The molecule has 0 radical (unpaired) electrons. The van der Waals surface area contributed by atoms with Gasteiger partial charge in [-0.05, 0) is 24.6 Å². The minimum absolute atomic E-state index is 0.0531. The Morgan fingerprint density at radius 2 is 2.10 bits per heavy atom. The summed E-state index contributed by atoms with van der Waals surface area (Å²) in [6, 6.07) is 5.90. The molecule has 0 atom stereocenters. The van der Waals surface area contributed by atoms with Crippen LogP contribution in [-0.2, 0) is 14.4 Å². The first-order valence-corrected chi connectivity index (χ1v) is 10.9. The Hall–Kier alpha value is -2.63. The number of carbonyl (C=O) groups is 3. The second-order valence-corrected chi connectivity index (χ2v) is 8.70. The average molecular weight is 466 g/mol. The van der Waals surface area contributed by atoms with Crippen molar-refractivity contribution in [1.82, 2.24) is 9.88 Å². The Morgan fingerprint density at radius 1 is 1.37 bits per heavy atom. The van der Waals surface area contributed by atoms with E-state index in [1.165, 1.54) is 34.9 Å². The van der Waals surface area contributed by atoms with E-state index in [4.69, 9.17) is 17.3 Å². The molecule has 1 aromatic heterocycles. The molecule has 1 saturated heterocycles. The molecule has 3 rings (SSSR count). The Kier molecular flexibility index (Phi) is 6.95. The normalized spacial score (nSPS) is 15.1. The number of aromatic nitrogens is 1. The molecule has 1 aliphatic rings. The second-order valence-electron chi connectivity index (χ2n) is 6.19. The summed E-state index contributed by atoms with van der Waals surface area (Å²) in [5, 5.41) is 10.7. The van der Waals surface area contributed by atoms with Crippen LogP contribution >= 0.6 is 35.3 Å². The Morgan fingerprint density at radius 3 is 2.77 bits per heavy atom. The van der Waals surface area contributed by atoms with Gasteiger partial charge in [0.15, 0.2) is 5.13 Å². The molecule has 0 spiro atoms. The third-order valence-electron chi connectivity index (χ3n) is 4.03. The lowest BCUT2D eigenvalue weighted by Crippen LogP contribution is -2.29. The first-order chi connectivity index (χ1) is 14.3. The van der Waals surface area contributed by atoms with Crippen molar-refractivity contribution in [1.29, 1.82) is 0 Å². The highest BCUT2D eigenvalue weighted by molar-refractivity contribution is 8.26. The fourth-order valence-electron chi connectivity index (χ4n) is 2.70. The first kappa shape index (κ1) is 22.1. The minimum Gasteiger partial charge on any atom is -0.481 e. The molecule has 1 fully saturated rings. The van der Waals surface area contributed by atoms with Crippen LogP contribution in [-0.4, -0.2) is 43.6 Å². The number of hydrogen-bond donors (Lipinski definition) is 1. The van der Waals surface area contributed by atoms with E-state index in [9.17, 15) is 18.8 Å². The highest BCUT2D eigenvalue weighted by atomic mass is 32.2. The number of carboxylic acid groups (broad SMARTS) is 1. The van der Waals surface area contributed by atoms with Crippen molar-refractivity contribution in [3.63, 3.8) is 0 Å². The molecule has 11 heteroatoms. The molecule has 1 N–H and O–H groups in total. The fraction of sp³-hybridized carbons (Fsp3) is 0.211. The number of nitrogens with zero attached hydrogens (tertiary/aromatic N) is 3. The Labute approximate surface area is 185 Å². The number of amides is 2. The van der Waals surface area contributed by atoms with Crippen LogP contribution in [0.2, 0.25) is 0 Å². The van der Waals surface area contributed by atoms with Gasteiger partial charge in [-0.1, -0.05) is 36.1 Å². The Balaban J connectivity index is 1.80. The third-order valence-corrected chi connectivity index (χ3v) is 6.26. The van der Waals surface area contributed by atoms with E-state index in [2.05, 4.69) is 4.98 Å². The molecule has 0 aliphatic carbocycles. The molecule has 0 unspecified atom stereocenters. The molecule has 30 heavy (non-hydrogen) atoms. The van der Waals surface area contributed by atoms with Gasteiger partial charge in [0.05, 0.1) is 16.3 Å². The maximum absolute atomic E-state index is 14.2. The van der Waals surface area contributed by atoms with Crippen LogP contribution in [0.25, 0.3) is 6.08 Å². The summed E-state index contributed by atoms with van der Waals surface area (Å²) in [4.78, 5) is 42.6. The summed E-state index contributed by atoms with van der Waals surface area (Å²) < 4.78 is 14.5. The van der Waals surface area contributed by atoms with Crippen LogP contribution in [0.5, 0.6) is 0 Å². The zero-order chi connectivity index (χ0) is 21.8. The molecule has 1 aliphatic heterocycles. The summed E-state index contributed by atoms with van der Waals surface area (Å²) in [5.74, 6) is -2.20. The lowest BCUT2D eigenvalue weighted by Gasteiger charge is -2.18. The number of benzene rings is 1. The van der Waals surface area contributed by atoms with E-state index in [1.54, 1.807) is 17.5 Å². The topological polar surface area (TPSA) is 90.8 Å². The smallest absolute Gasteiger partial charge is 0.303 e.